The van der Waals surface area contributed by atoms with Gasteiger partial charge in [0.1, 0.15) is 0 Å². The number of para-hydroxylation sites is 1. The van der Waals surface area contributed by atoms with Crippen LogP contribution >= 0.6 is 24.0 Å². The van der Waals surface area contributed by atoms with Crippen molar-refractivity contribution in [3.8, 4) is 5.69 Å². The monoisotopic (exact) mass is 510 g/mol. The van der Waals surface area contributed by atoms with E-state index in [-0.39, 0.29) is 24.0 Å². The van der Waals surface area contributed by atoms with Crippen molar-refractivity contribution in [3.05, 3.63) is 48.3 Å². The highest BCUT2D eigenvalue weighted by molar-refractivity contribution is 14.0. The second-order valence-corrected chi connectivity index (χ2v) is 7.54. The molecular weight excluding hydrogens is 475 g/mol. The lowest BCUT2D eigenvalue weighted by Gasteiger charge is -2.33. The number of piperidine rings is 1. The van der Waals surface area contributed by atoms with Gasteiger partial charge in [-0.15, -0.1) is 24.0 Å². The van der Waals surface area contributed by atoms with Gasteiger partial charge in [0.05, 0.1) is 11.9 Å². The zero-order valence-electron chi connectivity index (χ0n) is 17.7. The van der Waals surface area contributed by atoms with Gasteiger partial charge < -0.3 is 15.5 Å². The molecule has 1 unspecified atom stereocenters. The molecule has 2 N–H and O–H groups in total. The highest BCUT2D eigenvalue weighted by Gasteiger charge is 2.17. The number of nitrogens with one attached hydrogen (secondary N) is 2. The molecule has 0 bridgehead atoms. The Morgan fingerprint density at radius 3 is 2.72 bits per heavy atom. The number of aromatic nitrogens is 2. The lowest BCUT2D eigenvalue weighted by molar-refractivity contribution is 0.159. The molecule has 0 aliphatic carbocycles. The van der Waals surface area contributed by atoms with Gasteiger partial charge in [0, 0.05) is 38.9 Å². The largest absolute Gasteiger partial charge is 0.356 e. The maximum atomic E-state index is 4.45. The van der Waals surface area contributed by atoms with Crippen LogP contribution in [0.2, 0.25) is 0 Å². The van der Waals surface area contributed by atoms with Gasteiger partial charge in [0.15, 0.2) is 5.96 Å². The van der Waals surface area contributed by atoms with E-state index in [4.69, 9.17) is 0 Å². The zero-order valence-corrected chi connectivity index (χ0v) is 20.0. The molecule has 0 amide bonds. The van der Waals surface area contributed by atoms with Gasteiger partial charge in [-0.25, -0.2) is 4.68 Å². The first-order valence-electron chi connectivity index (χ1n) is 10.5. The summed E-state index contributed by atoms with van der Waals surface area (Å²) in [6.07, 6.45) is 10.2. The molecule has 160 valence electrons. The van der Waals surface area contributed by atoms with Crippen LogP contribution in [0.25, 0.3) is 5.69 Å². The second kappa shape index (κ2) is 12.8. The number of aliphatic imine (C=N–C) groups is 1. The van der Waals surface area contributed by atoms with E-state index in [0.717, 1.165) is 43.6 Å². The first-order valence-corrected chi connectivity index (χ1v) is 10.5. The van der Waals surface area contributed by atoms with Crippen LogP contribution in [-0.2, 0) is 6.42 Å². The van der Waals surface area contributed by atoms with Gasteiger partial charge in [0.2, 0.25) is 0 Å². The first-order chi connectivity index (χ1) is 13.8. The maximum absolute atomic E-state index is 4.45. The Balaban J connectivity index is 0.00000300. The van der Waals surface area contributed by atoms with Crippen molar-refractivity contribution in [1.82, 2.24) is 25.3 Å². The number of halogens is 1. The lowest BCUT2D eigenvalue weighted by Crippen LogP contribution is -2.41. The number of guanidine groups is 1. The number of benzene rings is 1. The number of nitrogens with zero attached hydrogens (tertiary/aromatic N) is 4. The van der Waals surface area contributed by atoms with Crippen LogP contribution in [0.3, 0.4) is 0 Å². The molecule has 1 aromatic heterocycles. The maximum Gasteiger partial charge on any atom is 0.190 e. The Labute approximate surface area is 192 Å². The van der Waals surface area contributed by atoms with Crippen LogP contribution < -0.4 is 10.6 Å². The van der Waals surface area contributed by atoms with Crippen molar-refractivity contribution in [2.24, 2.45) is 4.99 Å². The summed E-state index contributed by atoms with van der Waals surface area (Å²) in [7, 11) is 1.83. The zero-order chi connectivity index (χ0) is 19.6. The van der Waals surface area contributed by atoms with Crippen molar-refractivity contribution >= 4 is 29.9 Å². The minimum atomic E-state index is 0. The molecule has 2 aromatic rings. The van der Waals surface area contributed by atoms with Gasteiger partial charge in [-0.05, 0) is 56.8 Å². The smallest absolute Gasteiger partial charge is 0.190 e. The van der Waals surface area contributed by atoms with Crippen molar-refractivity contribution < 1.29 is 0 Å². The molecule has 2 heterocycles. The molecule has 6 nitrogen and oxygen atoms in total. The first kappa shape index (κ1) is 23.7. The highest BCUT2D eigenvalue weighted by Crippen LogP contribution is 2.16. The Kier molecular flexibility index (Phi) is 10.5. The summed E-state index contributed by atoms with van der Waals surface area (Å²) in [5, 5.41) is 11.3. The van der Waals surface area contributed by atoms with Gasteiger partial charge in [-0.2, -0.15) is 5.10 Å². The lowest BCUT2D eigenvalue weighted by atomic mass is 10.0. The van der Waals surface area contributed by atoms with Crippen molar-refractivity contribution in [3.63, 3.8) is 0 Å². The average Bonchev–Trinajstić information content (AvgIpc) is 3.20. The quantitative estimate of drug-likeness (QED) is 0.247. The van der Waals surface area contributed by atoms with Gasteiger partial charge in [-0.1, -0.05) is 24.6 Å². The summed E-state index contributed by atoms with van der Waals surface area (Å²) in [6, 6.07) is 10.9. The minimum absolute atomic E-state index is 0. The molecule has 1 atom stereocenters. The molecule has 1 saturated heterocycles. The van der Waals surface area contributed by atoms with E-state index >= 15 is 0 Å². The van der Waals surface area contributed by atoms with Crippen LogP contribution in [0.4, 0.5) is 0 Å². The molecular formula is C22H35IN6. The van der Waals surface area contributed by atoms with Crippen molar-refractivity contribution in [2.45, 2.75) is 45.1 Å². The minimum Gasteiger partial charge on any atom is -0.356 e. The molecule has 1 fully saturated rings. The van der Waals surface area contributed by atoms with E-state index < -0.39 is 0 Å². The Morgan fingerprint density at radius 2 is 1.97 bits per heavy atom. The second-order valence-electron chi connectivity index (χ2n) is 7.54. The summed E-state index contributed by atoms with van der Waals surface area (Å²) in [5.41, 5.74) is 2.30. The normalized spacial score (nSPS) is 17.6. The summed E-state index contributed by atoms with van der Waals surface area (Å²) < 4.78 is 1.92. The SMILES string of the molecule is CN=C(NCCCN1CCCCC1C)NCCc1cnn(-c2ccccc2)c1.I. The van der Waals surface area contributed by atoms with Gasteiger partial charge in [0.25, 0.3) is 0 Å². The van der Waals surface area contributed by atoms with Crippen molar-refractivity contribution in [1.29, 1.82) is 0 Å². The van der Waals surface area contributed by atoms with E-state index in [1.807, 2.05) is 36.1 Å². The molecule has 0 saturated carbocycles. The third-order valence-electron chi connectivity index (χ3n) is 5.44. The standard InChI is InChI=1S/C22H34N6.HI/c1-19-9-6-7-15-27(19)16-8-13-24-22(23-2)25-14-12-20-17-26-28(18-20)21-10-4-3-5-11-21;/h3-5,10-11,17-19H,6-9,12-16H2,1-2H3,(H2,23,24,25);1H. The molecule has 7 heteroatoms. The third-order valence-corrected chi connectivity index (χ3v) is 5.44. The summed E-state index contributed by atoms with van der Waals surface area (Å²) in [5.74, 6) is 0.877. The predicted octanol–water partition coefficient (Wildman–Crippen LogP) is 3.46. The van der Waals surface area contributed by atoms with Crippen LogP contribution in [0.15, 0.2) is 47.7 Å². The van der Waals surface area contributed by atoms with E-state index in [9.17, 15) is 0 Å². The average molecular weight is 510 g/mol. The molecule has 3 rings (SSSR count). The Morgan fingerprint density at radius 1 is 1.17 bits per heavy atom. The fourth-order valence-electron chi connectivity index (χ4n) is 3.74. The van der Waals surface area contributed by atoms with Crippen LogP contribution in [0.5, 0.6) is 0 Å². The van der Waals surface area contributed by atoms with Gasteiger partial charge in [-0.3, -0.25) is 4.99 Å². The molecule has 1 aliphatic rings. The van der Waals surface area contributed by atoms with E-state index in [1.54, 1.807) is 0 Å². The molecule has 29 heavy (non-hydrogen) atoms. The number of hydrogen-bond acceptors (Lipinski definition) is 3. The fourth-order valence-corrected chi connectivity index (χ4v) is 3.74. The fraction of sp³-hybridized carbons (Fsp3) is 0.545. The summed E-state index contributed by atoms with van der Waals surface area (Å²) in [6.45, 7) is 6.57. The third kappa shape index (κ3) is 7.62. The topological polar surface area (TPSA) is 57.5 Å². The predicted molar refractivity (Wildman–Crippen MR) is 132 cm³/mol. The molecule has 1 aliphatic heterocycles. The van der Waals surface area contributed by atoms with Crippen LogP contribution in [0, 0.1) is 0 Å². The van der Waals surface area contributed by atoms with E-state index in [1.165, 1.54) is 37.9 Å². The Hall–Kier alpha value is -1.61. The number of likely N-dealkylation sites (tertiary alicyclic amines) is 1. The molecule has 0 spiro atoms. The van der Waals surface area contributed by atoms with E-state index in [2.05, 4.69) is 50.9 Å². The van der Waals surface area contributed by atoms with Crippen molar-refractivity contribution in [2.75, 3.05) is 33.2 Å². The molecule has 1 aromatic carbocycles. The van der Waals surface area contributed by atoms with Crippen LogP contribution in [-0.4, -0.2) is 59.9 Å². The Bertz CT molecular complexity index is 730. The number of hydrogen-bond donors (Lipinski definition) is 2. The van der Waals surface area contributed by atoms with Gasteiger partial charge >= 0.3 is 0 Å². The highest BCUT2D eigenvalue weighted by atomic mass is 127. The van der Waals surface area contributed by atoms with Crippen LogP contribution in [0.1, 0.15) is 38.2 Å². The van der Waals surface area contributed by atoms with E-state index in [0.29, 0.717) is 0 Å². The molecule has 0 radical (unpaired) electrons. The summed E-state index contributed by atoms with van der Waals surface area (Å²) >= 11 is 0. The summed E-state index contributed by atoms with van der Waals surface area (Å²) in [4.78, 5) is 6.95. The number of rotatable bonds is 8.